The van der Waals surface area contributed by atoms with Crippen molar-refractivity contribution in [3.8, 4) is 0 Å². The van der Waals surface area contributed by atoms with Gasteiger partial charge >= 0.3 is 0 Å². The van der Waals surface area contributed by atoms with Gasteiger partial charge in [0.25, 0.3) is 5.91 Å². The van der Waals surface area contributed by atoms with Crippen molar-refractivity contribution in [1.29, 1.82) is 0 Å². The van der Waals surface area contributed by atoms with Crippen LogP contribution in [0.25, 0.3) is 0 Å². The zero-order chi connectivity index (χ0) is 17.7. The zero-order valence-electron chi connectivity index (χ0n) is 13.8. The molecule has 1 aliphatic rings. The van der Waals surface area contributed by atoms with Crippen molar-refractivity contribution in [1.82, 2.24) is 15.0 Å². The van der Waals surface area contributed by atoms with Crippen molar-refractivity contribution in [3.63, 3.8) is 0 Å². The number of hydrogen-bond acceptors (Lipinski definition) is 4. The topological polar surface area (TPSA) is 88.2 Å². The highest BCUT2D eigenvalue weighted by molar-refractivity contribution is 7.89. The van der Waals surface area contributed by atoms with E-state index in [0.717, 1.165) is 25.7 Å². The lowest BCUT2D eigenvalue weighted by Gasteiger charge is -2.13. The number of sulfonamides is 1. The molecule has 132 valence electrons. The van der Waals surface area contributed by atoms with E-state index in [1.807, 2.05) is 0 Å². The maximum absolute atomic E-state index is 12.5. The predicted molar refractivity (Wildman–Crippen MR) is 94.4 cm³/mol. The number of hydrogen-bond donors (Lipinski definition) is 2. The summed E-state index contributed by atoms with van der Waals surface area (Å²) in [6, 6.07) is 11.6. The van der Waals surface area contributed by atoms with E-state index in [1.165, 1.54) is 12.1 Å². The molecule has 0 bridgehead atoms. The lowest BCUT2D eigenvalue weighted by molar-refractivity contribution is 0.0937. The lowest BCUT2D eigenvalue weighted by Crippen LogP contribution is -2.32. The number of rotatable bonds is 6. The highest BCUT2D eigenvalue weighted by atomic mass is 32.2. The second-order valence-electron chi connectivity index (χ2n) is 6.13. The quantitative estimate of drug-likeness (QED) is 0.828. The van der Waals surface area contributed by atoms with E-state index in [9.17, 15) is 13.2 Å². The summed E-state index contributed by atoms with van der Waals surface area (Å²) >= 11 is 0. The maximum atomic E-state index is 12.5. The van der Waals surface area contributed by atoms with Crippen molar-refractivity contribution in [2.75, 3.05) is 0 Å². The third-order valence-corrected chi connectivity index (χ3v) is 5.67. The molecule has 7 heteroatoms. The third kappa shape index (κ3) is 4.64. The van der Waals surface area contributed by atoms with Crippen LogP contribution in [0.5, 0.6) is 0 Å². The Bertz CT molecular complexity index is 832. The lowest BCUT2D eigenvalue weighted by atomic mass is 10.2. The Morgan fingerprint density at radius 1 is 1.12 bits per heavy atom. The number of benzene rings is 1. The van der Waals surface area contributed by atoms with E-state index in [0.29, 0.717) is 11.3 Å². The molecule has 2 aromatic rings. The Labute approximate surface area is 147 Å². The van der Waals surface area contributed by atoms with Crippen LogP contribution in [0, 0.1) is 0 Å². The first kappa shape index (κ1) is 17.6. The summed E-state index contributed by atoms with van der Waals surface area (Å²) in [6.45, 7) is 0.0989. The Hall–Kier alpha value is -2.25. The Morgan fingerprint density at radius 2 is 1.92 bits per heavy atom. The van der Waals surface area contributed by atoms with E-state index >= 15 is 0 Å². The molecule has 25 heavy (non-hydrogen) atoms. The molecule has 1 amide bonds. The van der Waals surface area contributed by atoms with Crippen LogP contribution in [0.15, 0.2) is 53.6 Å². The molecule has 3 rings (SSSR count). The summed E-state index contributed by atoms with van der Waals surface area (Å²) in [4.78, 5) is 16.5. The summed E-state index contributed by atoms with van der Waals surface area (Å²) < 4.78 is 27.4. The molecule has 1 aliphatic carbocycles. The van der Waals surface area contributed by atoms with E-state index in [2.05, 4.69) is 15.0 Å². The standard InChI is InChI=1S/C18H21N3O3S/c22-18(21-15-7-1-2-8-15)14-6-5-10-17(12-14)25(23,24)20-13-16-9-3-4-11-19-16/h3-6,9-12,15,20H,1-2,7-8,13H2,(H,21,22). The fourth-order valence-electron chi connectivity index (χ4n) is 2.90. The van der Waals surface area contributed by atoms with Gasteiger partial charge in [-0.05, 0) is 43.2 Å². The maximum Gasteiger partial charge on any atom is 0.251 e. The summed E-state index contributed by atoms with van der Waals surface area (Å²) in [5.74, 6) is -0.228. The Kier molecular flexibility index (Phi) is 5.45. The number of carbonyl (C=O) groups is 1. The van der Waals surface area contributed by atoms with Crippen molar-refractivity contribution in [3.05, 3.63) is 59.9 Å². The Morgan fingerprint density at radius 3 is 2.64 bits per heavy atom. The minimum absolute atomic E-state index is 0.0718. The first-order chi connectivity index (χ1) is 12.0. The molecule has 1 heterocycles. The number of pyridine rings is 1. The van der Waals surface area contributed by atoms with E-state index in [-0.39, 0.29) is 23.4 Å². The van der Waals surface area contributed by atoms with Gasteiger partial charge in [-0.1, -0.05) is 25.0 Å². The van der Waals surface area contributed by atoms with Crippen LogP contribution in [0.3, 0.4) is 0 Å². The molecule has 1 aromatic heterocycles. The fourth-order valence-corrected chi connectivity index (χ4v) is 3.94. The fraction of sp³-hybridized carbons (Fsp3) is 0.333. The summed E-state index contributed by atoms with van der Waals surface area (Å²) in [7, 11) is -3.71. The van der Waals surface area contributed by atoms with E-state index < -0.39 is 10.0 Å². The van der Waals surface area contributed by atoms with Gasteiger partial charge in [-0.15, -0.1) is 0 Å². The molecule has 0 atom stereocenters. The molecule has 0 saturated heterocycles. The van der Waals surface area contributed by atoms with Crippen molar-refractivity contribution >= 4 is 15.9 Å². The summed E-state index contributed by atoms with van der Waals surface area (Å²) in [5.41, 5.74) is 0.980. The van der Waals surface area contributed by atoms with E-state index in [4.69, 9.17) is 0 Å². The van der Waals surface area contributed by atoms with Gasteiger partial charge in [-0.3, -0.25) is 9.78 Å². The molecule has 2 N–H and O–H groups in total. The third-order valence-electron chi connectivity index (χ3n) is 4.27. The molecule has 6 nitrogen and oxygen atoms in total. The average Bonchev–Trinajstić information content (AvgIpc) is 3.14. The van der Waals surface area contributed by atoms with Crippen LogP contribution >= 0.6 is 0 Å². The molecule has 1 saturated carbocycles. The molecule has 0 unspecified atom stereocenters. The average molecular weight is 359 g/mol. The van der Waals surface area contributed by atoms with Crippen LogP contribution in [0.1, 0.15) is 41.7 Å². The minimum Gasteiger partial charge on any atom is -0.349 e. The van der Waals surface area contributed by atoms with Gasteiger partial charge in [0.15, 0.2) is 0 Å². The molecular weight excluding hydrogens is 338 g/mol. The van der Waals surface area contributed by atoms with Gasteiger partial charge in [0.05, 0.1) is 17.1 Å². The van der Waals surface area contributed by atoms with Crippen LogP contribution in [-0.4, -0.2) is 25.4 Å². The first-order valence-electron chi connectivity index (χ1n) is 8.35. The predicted octanol–water partition coefficient (Wildman–Crippen LogP) is 2.23. The van der Waals surface area contributed by atoms with Crippen molar-refractivity contribution in [2.24, 2.45) is 0 Å². The van der Waals surface area contributed by atoms with Gasteiger partial charge in [0, 0.05) is 17.8 Å². The number of nitrogens with one attached hydrogen (secondary N) is 2. The van der Waals surface area contributed by atoms with Gasteiger partial charge in [0.2, 0.25) is 10.0 Å². The van der Waals surface area contributed by atoms with Crippen molar-refractivity contribution in [2.45, 2.75) is 43.2 Å². The normalized spacial score (nSPS) is 15.2. The van der Waals surface area contributed by atoms with Crippen LogP contribution in [-0.2, 0) is 16.6 Å². The molecule has 0 aliphatic heterocycles. The van der Waals surface area contributed by atoms with Crippen LogP contribution in [0.2, 0.25) is 0 Å². The first-order valence-corrected chi connectivity index (χ1v) is 9.83. The largest absolute Gasteiger partial charge is 0.349 e. The molecule has 0 spiro atoms. The van der Waals surface area contributed by atoms with Gasteiger partial charge in [0.1, 0.15) is 0 Å². The van der Waals surface area contributed by atoms with Crippen molar-refractivity contribution < 1.29 is 13.2 Å². The second-order valence-corrected chi connectivity index (χ2v) is 7.90. The Balaban J connectivity index is 1.69. The summed E-state index contributed by atoms with van der Waals surface area (Å²) in [6.07, 6.45) is 5.82. The van der Waals surface area contributed by atoms with Crippen LogP contribution < -0.4 is 10.0 Å². The molecule has 1 aromatic carbocycles. The van der Waals surface area contributed by atoms with Gasteiger partial charge in [-0.2, -0.15) is 0 Å². The minimum atomic E-state index is -3.71. The smallest absolute Gasteiger partial charge is 0.251 e. The van der Waals surface area contributed by atoms with E-state index in [1.54, 1.807) is 36.5 Å². The number of nitrogens with zero attached hydrogens (tertiary/aromatic N) is 1. The number of aromatic nitrogens is 1. The SMILES string of the molecule is O=C(NC1CCCC1)c1cccc(S(=O)(=O)NCc2ccccn2)c1. The summed E-state index contributed by atoms with van der Waals surface area (Å²) in [5, 5.41) is 2.97. The molecular formula is C18H21N3O3S. The highest BCUT2D eigenvalue weighted by Crippen LogP contribution is 2.19. The number of carbonyl (C=O) groups excluding carboxylic acids is 1. The second kappa shape index (κ2) is 7.76. The number of amides is 1. The van der Waals surface area contributed by atoms with Crippen LogP contribution in [0.4, 0.5) is 0 Å². The van der Waals surface area contributed by atoms with Gasteiger partial charge in [-0.25, -0.2) is 13.1 Å². The van der Waals surface area contributed by atoms with Gasteiger partial charge < -0.3 is 5.32 Å². The molecule has 1 fully saturated rings. The highest BCUT2D eigenvalue weighted by Gasteiger charge is 2.20. The monoisotopic (exact) mass is 359 g/mol. The zero-order valence-corrected chi connectivity index (χ0v) is 14.6. The molecule has 0 radical (unpaired) electrons.